The molecule has 2 aromatic carbocycles. The Labute approximate surface area is 135 Å². The molecule has 22 heavy (non-hydrogen) atoms. The second kappa shape index (κ2) is 7.45. The van der Waals surface area contributed by atoms with Gasteiger partial charge in [-0.15, -0.1) is 11.8 Å². The van der Waals surface area contributed by atoms with Crippen LogP contribution in [0, 0.1) is 12.7 Å². The summed E-state index contributed by atoms with van der Waals surface area (Å²) in [6, 6.07) is 12.5. The molecule has 4 heteroatoms. The Bertz CT molecular complexity index is 670. The van der Waals surface area contributed by atoms with Crippen molar-refractivity contribution in [2.45, 2.75) is 31.6 Å². The molecule has 0 fully saturated rings. The number of thioether (sulfide) groups is 1. The molecule has 2 nitrogen and oxygen atoms in total. The standard InChI is InChI=1S/C18H20FNOS/c1-12(2)14-8-6-7-13(3)18(14)20-17(21)11-22-16-10-5-4-9-15(16)19/h4-10,12H,11H2,1-3H3,(H,20,21). The van der Waals surface area contributed by atoms with E-state index in [0.717, 1.165) is 16.8 Å². The van der Waals surface area contributed by atoms with Crippen LogP contribution in [-0.4, -0.2) is 11.7 Å². The molecule has 1 N–H and O–H groups in total. The van der Waals surface area contributed by atoms with E-state index in [2.05, 4.69) is 19.2 Å². The van der Waals surface area contributed by atoms with Crippen LogP contribution in [0.3, 0.4) is 0 Å². The van der Waals surface area contributed by atoms with Gasteiger partial charge < -0.3 is 5.32 Å². The highest BCUT2D eigenvalue weighted by atomic mass is 32.2. The molecule has 2 rings (SSSR count). The average Bonchev–Trinajstić information content (AvgIpc) is 2.48. The van der Waals surface area contributed by atoms with Crippen LogP contribution < -0.4 is 5.32 Å². The lowest BCUT2D eigenvalue weighted by molar-refractivity contribution is -0.113. The third-order valence-electron chi connectivity index (χ3n) is 3.39. The minimum Gasteiger partial charge on any atom is -0.325 e. The molecule has 0 radical (unpaired) electrons. The Hall–Kier alpha value is -1.81. The van der Waals surface area contributed by atoms with Crippen molar-refractivity contribution in [3.05, 3.63) is 59.4 Å². The van der Waals surface area contributed by atoms with Crippen LogP contribution in [0.2, 0.25) is 0 Å². The van der Waals surface area contributed by atoms with E-state index < -0.39 is 0 Å². The van der Waals surface area contributed by atoms with Crippen molar-refractivity contribution in [2.24, 2.45) is 0 Å². The maximum Gasteiger partial charge on any atom is 0.234 e. The van der Waals surface area contributed by atoms with Crippen molar-refractivity contribution >= 4 is 23.4 Å². The van der Waals surface area contributed by atoms with Crippen molar-refractivity contribution in [1.29, 1.82) is 0 Å². The zero-order chi connectivity index (χ0) is 16.1. The lowest BCUT2D eigenvalue weighted by Crippen LogP contribution is -2.16. The first-order valence-electron chi connectivity index (χ1n) is 7.25. The number of para-hydroxylation sites is 1. The first kappa shape index (κ1) is 16.6. The maximum absolute atomic E-state index is 13.5. The summed E-state index contributed by atoms with van der Waals surface area (Å²) in [6.07, 6.45) is 0. The van der Waals surface area contributed by atoms with E-state index in [1.807, 2.05) is 25.1 Å². The lowest BCUT2D eigenvalue weighted by Gasteiger charge is -2.16. The number of carbonyl (C=O) groups is 1. The molecule has 116 valence electrons. The summed E-state index contributed by atoms with van der Waals surface area (Å²) in [7, 11) is 0. The largest absolute Gasteiger partial charge is 0.325 e. The van der Waals surface area contributed by atoms with Crippen LogP contribution in [0.25, 0.3) is 0 Å². The summed E-state index contributed by atoms with van der Waals surface area (Å²) in [4.78, 5) is 12.7. The Balaban J connectivity index is 2.05. The zero-order valence-corrected chi connectivity index (χ0v) is 13.8. The second-order valence-corrected chi connectivity index (χ2v) is 6.48. The van der Waals surface area contributed by atoms with E-state index in [1.54, 1.807) is 18.2 Å². The molecule has 2 aromatic rings. The van der Waals surface area contributed by atoms with E-state index in [-0.39, 0.29) is 17.5 Å². The normalized spacial score (nSPS) is 10.8. The Morgan fingerprint density at radius 2 is 1.91 bits per heavy atom. The molecular formula is C18H20FNOS. The minimum atomic E-state index is -0.293. The molecule has 0 aliphatic heterocycles. The van der Waals surface area contributed by atoms with Gasteiger partial charge in [0.15, 0.2) is 0 Å². The number of carbonyl (C=O) groups excluding carboxylic acids is 1. The number of rotatable bonds is 5. The van der Waals surface area contributed by atoms with E-state index in [9.17, 15) is 9.18 Å². The highest BCUT2D eigenvalue weighted by molar-refractivity contribution is 8.00. The molecule has 0 aromatic heterocycles. The molecule has 0 atom stereocenters. The molecule has 0 aliphatic rings. The molecule has 0 saturated heterocycles. The molecule has 0 spiro atoms. The fourth-order valence-corrected chi connectivity index (χ4v) is 2.96. The molecule has 0 unspecified atom stereocenters. The van der Waals surface area contributed by atoms with Crippen LogP contribution in [0.15, 0.2) is 47.4 Å². The number of nitrogens with one attached hydrogen (secondary N) is 1. The van der Waals surface area contributed by atoms with Crippen molar-refractivity contribution in [3.8, 4) is 0 Å². The molecule has 0 bridgehead atoms. The summed E-state index contributed by atoms with van der Waals surface area (Å²) in [5.41, 5.74) is 3.02. The summed E-state index contributed by atoms with van der Waals surface area (Å²) in [5.74, 6) is 0.102. The molecule has 0 heterocycles. The zero-order valence-electron chi connectivity index (χ0n) is 13.0. The van der Waals surface area contributed by atoms with Gasteiger partial charge in [0.1, 0.15) is 5.82 Å². The van der Waals surface area contributed by atoms with Gasteiger partial charge in [-0.3, -0.25) is 4.79 Å². The quantitative estimate of drug-likeness (QED) is 0.787. The predicted octanol–water partition coefficient (Wildman–Crippen LogP) is 4.99. The topological polar surface area (TPSA) is 29.1 Å². The van der Waals surface area contributed by atoms with Crippen molar-refractivity contribution in [1.82, 2.24) is 0 Å². The fraction of sp³-hybridized carbons (Fsp3) is 0.278. The smallest absolute Gasteiger partial charge is 0.234 e. The second-order valence-electron chi connectivity index (χ2n) is 5.46. The molecular weight excluding hydrogens is 297 g/mol. The number of hydrogen-bond acceptors (Lipinski definition) is 2. The summed E-state index contributed by atoms with van der Waals surface area (Å²) >= 11 is 1.21. The lowest BCUT2D eigenvalue weighted by atomic mass is 9.98. The maximum atomic E-state index is 13.5. The SMILES string of the molecule is Cc1cccc(C(C)C)c1NC(=O)CSc1ccccc1F. The number of anilines is 1. The van der Waals surface area contributed by atoms with E-state index >= 15 is 0 Å². The van der Waals surface area contributed by atoms with Gasteiger partial charge in [0.2, 0.25) is 5.91 Å². The van der Waals surface area contributed by atoms with Gasteiger partial charge in [-0.05, 0) is 36.1 Å². The van der Waals surface area contributed by atoms with Gasteiger partial charge in [-0.2, -0.15) is 0 Å². The number of benzene rings is 2. The van der Waals surface area contributed by atoms with Crippen molar-refractivity contribution in [2.75, 3.05) is 11.1 Å². The van der Waals surface area contributed by atoms with E-state index in [4.69, 9.17) is 0 Å². The highest BCUT2D eigenvalue weighted by Crippen LogP contribution is 2.28. The number of aryl methyl sites for hydroxylation is 1. The van der Waals surface area contributed by atoms with Crippen LogP contribution in [0.5, 0.6) is 0 Å². The van der Waals surface area contributed by atoms with Gasteiger partial charge in [0.05, 0.1) is 5.75 Å². The third kappa shape index (κ3) is 4.10. The van der Waals surface area contributed by atoms with Gasteiger partial charge >= 0.3 is 0 Å². The Kier molecular flexibility index (Phi) is 5.61. The van der Waals surface area contributed by atoms with E-state index in [1.165, 1.54) is 17.8 Å². The van der Waals surface area contributed by atoms with Crippen LogP contribution in [-0.2, 0) is 4.79 Å². The molecule has 0 saturated carbocycles. The van der Waals surface area contributed by atoms with Gasteiger partial charge in [-0.25, -0.2) is 4.39 Å². The first-order chi connectivity index (χ1) is 10.5. The number of hydrogen-bond donors (Lipinski definition) is 1. The van der Waals surface area contributed by atoms with Crippen LogP contribution >= 0.6 is 11.8 Å². The van der Waals surface area contributed by atoms with Crippen LogP contribution in [0.1, 0.15) is 30.9 Å². The summed E-state index contributed by atoms with van der Waals surface area (Å²) in [6.45, 7) is 6.17. The first-order valence-corrected chi connectivity index (χ1v) is 8.24. The average molecular weight is 317 g/mol. The van der Waals surface area contributed by atoms with E-state index in [0.29, 0.717) is 10.8 Å². The molecule has 1 amide bonds. The predicted molar refractivity (Wildman–Crippen MR) is 91.0 cm³/mol. The van der Waals surface area contributed by atoms with Gasteiger partial charge in [-0.1, -0.05) is 44.2 Å². The number of amides is 1. The van der Waals surface area contributed by atoms with Gasteiger partial charge in [0.25, 0.3) is 0 Å². The summed E-state index contributed by atoms with van der Waals surface area (Å²) in [5, 5.41) is 2.97. The van der Waals surface area contributed by atoms with Crippen LogP contribution in [0.4, 0.5) is 10.1 Å². The van der Waals surface area contributed by atoms with Crippen molar-refractivity contribution in [3.63, 3.8) is 0 Å². The fourth-order valence-electron chi connectivity index (χ4n) is 2.22. The van der Waals surface area contributed by atoms with Crippen molar-refractivity contribution < 1.29 is 9.18 Å². The van der Waals surface area contributed by atoms with Gasteiger partial charge in [0, 0.05) is 10.6 Å². The Morgan fingerprint density at radius 3 is 2.59 bits per heavy atom. The highest BCUT2D eigenvalue weighted by Gasteiger charge is 2.12. The minimum absolute atomic E-state index is 0.121. The third-order valence-corrected chi connectivity index (χ3v) is 4.44. The number of halogens is 1. The summed E-state index contributed by atoms with van der Waals surface area (Å²) < 4.78 is 13.5. The monoisotopic (exact) mass is 317 g/mol. The molecule has 0 aliphatic carbocycles. The Morgan fingerprint density at radius 1 is 1.18 bits per heavy atom.